The molecule has 0 spiro atoms. The van der Waals surface area contributed by atoms with E-state index in [0.29, 0.717) is 18.9 Å². The molecule has 5 unspecified atom stereocenters. The molecule has 0 aromatic heterocycles. The maximum Gasteiger partial charge on any atom is 0.246 e. The molecule has 40 heavy (non-hydrogen) atoms. The highest BCUT2D eigenvalue weighted by molar-refractivity contribution is 5.95. The van der Waals surface area contributed by atoms with Gasteiger partial charge in [0.05, 0.1) is 6.04 Å². The number of likely N-dealkylation sites (N-methyl/N-ethyl adjacent to an activating group) is 1. The minimum Gasteiger partial charge on any atom is -0.368 e. The van der Waals surface area contributed by atoms with E-state index in [0.717, 1.165) is 12.1 Å². The van der Waals surface area contributed by atoms with Crippen LogP contribution in [0.1, 0.15) is 64.9 Å². The van der Waals surface area contributed by atoms with E-state index < -0.39 is 36.0 Å². The third-order valence-electron chi connectivity index (χ3n) is 8.31. The SMILES string of the molecule is CNC(C)C(=O)NC(C(=O)N1CC(NCC2CCCCC2)CC1C(=O)NC(Cc1ccccc1)C(N)=O)C(C)C. The molecule has 2 fully saturated rings. The van der Waals surface area contributed by atoms with E-state index in [1.807, 2.05) is 44.2 Å². The molecule has 2 aliphatic rings. The van der Waals surface area contributed by atoms with E-state index in [-0.39, 0.29) is 30.2 Å². The van der Waals surface area contributed by atoms with E-state index in [1.165, 1.54) is 32.1 Å². The van der Waals surface area contributed by atoms with Crippen molar-refractivity contribution in [3.63, 3.8) is 0 Å². The molecule has 1 aromatic rings. The molecule has 0 radical (unpaired) electrons. The lowest BCUT2D eigenvalue weighted by Crippen LogP contribution is -2.58. The Bertz CT molecular complexity index is 997. The zero-order valence-corrected chi connectivity index (χ0v) is 24.4. The molecule has 1 saturated carbocycles. The number of benzene rings is 1. The zero-order valence-electron chi connectivity index (χ0n) is 24.4. The predicted octanol–water partition coefficient (Wildman–Crippen LogP) is 1.09. The second-order valence-corrected chi connectivity index (χ2v) is 11.7. The molecule has 4 amide bonds. The minimum absolute atomic E-state index is 0.0671. The molecule has 0 bridgehead atoms. The average molecular weight is 557 g/mol. The summed E-state index contributed by atoms with van der Waals surface area (Å²) < 4.78 is 0. The maximum absolute atomic E-state index is 13.9. The molecule has 1 aromatic carbocycles. The van der Waals surface area contributed by atoms with Crippen LogP contribution in [0.3, 0.4) is 0 Å². The number of nitrogens with two attached hydrogens (primary N) is 1. The number of nitrogens with one attached hydrogen (secondary N) is 4. The van der Waals surface area contributed by atoms with Crippen LogP contribution in [0.5, 0.6) is 0 Å². The van der Waals surface area contributed by atoms with Crippen molar-refractivity contribution in [1.29, 1.82) is 0 Å². The molecule has 3 rings (SSSR count). The van der Waals surface area contributed by atoms with Gasteiger partial charge >= 0.3 is 0 Å². The summed E-state index contributed by atoms with van der Waals surface area (Å²) in [6.07, 6.45) is 6.83. The number of primary amides is 1. The van der Waals surface area contributed by atoms with Gasteiger partial charge in [-0.3, -0.25) is 19.2 Å². The van der Waals surface area contributed by atoms with Gasteiger partial charge in [-0.15, -0.1) is 0 Å². The van der Waals surface area contributed by atoms with E-state index in [9.17, 15) is 19.2 Å². The van der Waals surface area contributed by atoms with Crippen molar-refractivity contribution in [3.8, 4) is 0 Å². The lowest BCUT2D eigenvalue weighted by atomic mass is 9.89. The summed E-state index contributed by atoms with van der Waals surface area (Å²) in [7, 11) is 1.68. The largest absolute Gasteiger partial charge is 0.368 e. The van der Waals surface area contributed by atoms with E-state index in [1.54, 1.807) is 18.9 Å². The van der Waals surface area contributed by atoms with Gasteiger partial charge in [0.25, 0.3) is 0 Å². The molecule has 5 atom stereocenters. The van der Waals surface area contributed by atoms with E-state index in [2.05, 4.69) is 21.3 Å². The minimum atomic E-state index is -0.904. The molecule has 222 valence electrons. The van der Waals surface area contributed by atoms with Crippen LogP contribution < -0.4 is 27.0 Å². The van der Waals surface area contributed by atoms with Crippen LogP contribution in [0.4, 0.5) is 0 Å². The standard InChI is InChI=1S/C30H48N6O4/c1-19(2)26(35-28(38)20(3)32-4)30(40)36-18-23(33-17-22-13-9-6-10-14-22)16-25(36)29(39)34-24(27(31)37)15-21-11-7-5-8-12-21/h5,7-8,11-12,19-20,22-26,32-33H,6,9-10,13-18H2,1-4H3,(H2,31,37)(H,34,39)(H,35,38). The summed E-state index contributed by atoms with van der Waals surface area (Å²) in [5.41, 5.74) is 6.54. The van der Waals surface area contributed by atoms with Gasteiger partial charge in [0, 0.05) is 19.0 Å². The molecule has 1 aliphatic heterocycles. The summed E-state index contributed by atoms with van der Waals surface area (Å²) in [4.78, 5) is 54.1. The fourth-order valence-electron chi connectivity index (χ4n) is 5.64. The number of nitrogens with zero attached hydrogens (tertiary/aromatic N) is 1. The van der Waals surface area contributed by atoms with Crippen LogP contribution in [0.15, 0.2) is 30.3 Å². The second kappa shape index (κ2) is 15.1. The molecular weight excluding hydrogens is 508 g/mol. The fourth-order valence-corrected chi connectivity index (χ4v) is 5.64. The summed E-state index contributed by atoms with van der Waals surface area (Å²) in [6, 6.07) is 6.36. The monoisotopic (exact) mass is 556 g/mol. The first-order chi connectivity index (χ1) is 19.1. The summed E-state index contributed by atoms with van der Waals surface area (Å²) >= 11 is 0. The Hall–Kier alpha value is -2.98. The van der Waals surface area contributed by atoms with Crippen molar-refractivity contribution in [1.82, 2.24) is 26.2 Å². The topological polar surface area (TPSA) is 146 Å². The second-order valence-electron chi connectivity index (χ2n) is 11.7. The number of rotatable bonds is 13. The smallest absolute Gasteiger partial charge is 0.246 e. The Morgan fingerprint density at radius 1 is 1.00 bits per heavy atom. The van der Waals surface area contributed by atoms with E-state index in [4.69, 9.17) is 5.73 Å². The first kappa shape index (κ1) is 31.5. The maximum atomic E-state index is 13.9. The summed E-state index contributed by atoms with van der Waals surface area (Å²) in [6.45, 7) is 6.68. The lowest BCUT2D eigenvalue weighted by Gasteiger charge is -2.31. The Morgan fingerprint density at radius 2 is 1.68 bits per heavy atom. The predicted molar refractivity (Wildman–Crippen MR) is 155 cm³/mol. The van der Waals surface area contributed by atoms with Crippen LogP contribution in [-0.2, 0) is 25.6 Å². The third kappa shape index (κ3) is 8.76. The number of carbonyl (C=O) groups excluding carboxylic acids is 4. The number of likely N-dealkylation sites (tertiary alicyclic amines) is 1. The van der Waals surface area contributed by atoms with Gasteiger partial charge in [-0.1, -0.05) is 63.4 Å². The molecule has 10 heteroatoms. The molecular formula is C30H48N6O4. The van der Waals surface area contributed by atoms with Crippen molar-refractivity contribution in [2.75, 3.05) is 20.1 Å². The zero-order chi connectivity index (χ0) is 29.2. The van der Waals surface area contributed by atoms with Crippen molar-refractivity contribution in [3.05, 3.63) is 35.9 Å². The number of amides is 4. The van der Waals surface area contributed by atoms with Crippen LogP contribution in [0, 0.1) is 11.8 Å². The van der Waals surface area contributed by atoms with Gasteiger partial charge in [0.2, 0.25) is 23.6 Å². The number of hydrogen-bond acceptors (Lipinski definition) is 6. The quantitative estimate of drug-likeness (QED) is 0.246. The Labute approximate surface area is 238 Å². The Kier molecular flexibility index (Phi) is 11.9. The van der Waals surface area contributed by atoms with Crippen LogP contribution in [-0.4, -0.2) is 78.9 Å². The van der Waals surface area contributed by atoms with Gasteiger partial charge in [0.15, 0.2) is 0 Å². The van der Waals surface area contributed by atoms with Crippen molar-refractivity contribution < 1.29 is 19.2 Å². The highest BCUT2D eigenvalue weighted by atomic mass is 16.2. The van der Waals surface area contributed by atoms with Gasteiger partial charge in [0.1, 0.15) is 18.1 Å². The van der Waals surface area contributed by atoms with Gasteiger partial charge in [-0.2, -0.15) is 0 Å². The molecule has 6 N–H and O–H groups in total. The Balaban J connectivity index is 1.77. The highest BCUT2D eigenvalue weighted by Gasteiger charge is 2.43. The van der Waals surface area contributed by atoms with Crippen LogP contribution >= 0.6 is 0 Å². The molecule has 1 heterocycles. The number of carbonyl (C=O) groups is 4. The molecule has 1 saturated heterocycles. The summed E-state index contributed by atoms with van der Waals surface area (Å²) in [5.74, 6) is -1.21. The normalized spacial score (nSPS) is 22.0. The fraction of sp³-hybridized carbons (Fsp3) is 0.667. The van der Waals surface area contributed by atoms with E-state index >= 15 is 0 Å². The highest BCUT2D eigenvalue weighted by Crippen LogP contribution is 2.25. The van der Waals surface area contributed by atoms with Gasteiger partial charge < -0.3 is 31.9 Å². The summed E-state index contributed by atoms with van der Waals surface area (Å²) in [5, 5.41) is 12.2. The van der Waals surface area contributed by atoms with Gasteiger partial charge in [-0.05, 0) is 57.2 Å². The number of hydrogen-bond donors (Lipinski definition) is 5. The van der Waals surface area contributed by atoms with Crippen molar-refractivity contribution >= 4 is 23.6 Å². The third-order valence-corrected chi connectivity index (χ3v) is 8.31. The Morgan fingerprint density at radius 3 is 2.27 bits per heavy atom. The van der Waals surface area contributed by atoms with Crippen molar-refractivity contribution in [2.45, 2.75) is 95.9 Å². The average Bonchev–Trinajstić information content (AvgIpc) is 3.39. The van der Waals surface area contributed by atoms with Gasteiger partial charge in [-0.25, -0.2) is 0 Å². The van der Waals surface area contributed by atoms with Crippen LogP contribution in [0.25, 0.3) is 0 Å². The van der Waals surface area contributed by atoms with Crippen LogP contribution in [0.2, 0.25) is 0 Å². The lowest BCUT2D eigenvalue weighted by molar-refractivity contribution is -0.143. The molecule has 1 aliphatic carbocycles. The first-order valence-electron chi connectivity index (χ1n) is 14.8. The first-order valence-corrected chi connectivity index (χ1v) is 14.8. The van der Waals surface area contributed by atoms with Crippen molar-refractivity contribution in [2.24, 2.45) is 17.6 Å². The molecule has 10 nitrogen and oxygen atoms in total.